The molecule has 0 aliphatic carbocycles. The van der Waals surface area contributed by atoms with Gasteiger partial charge < -0.3 is 9.47 Å². The van der Waals surface area contributed by atoms with Crippen LogP contribution in [0.5, 0.6) is 11.5 Å². The third kappa shape index (κ3) is 6.51. The molecule has 0 radical (unpaired) electrons. The maximum Gasteiger partial charge on any atom is 0.231 e. The lowest BCUT2D eigenvalue weighted by molar-refractivity contribution is 0.102. The van der Waals surface area contributed by atoms with E-state index in [1.54, 1.807) is 36.0 Å². The third-order valence-corrected chi connectivity index (χ3v) is 9.83. The zero-order valence-corrected chi connectivity index (χ0v) is 24.4. The van der Waals surface area contributed by atoms with Crippen LogP contribution >= 0.6 is 11.8 Å². The fourth-order valence-electron chi connectivity index (χ4n) is 4.99. The molecule has 5 aromatic carbocycles. The first-order valence-electron chi connectivity index (χ1n) is 13.6. The van der Waals surface area contributed by atoms with Crippen LogP contribution in [0.3, 0.4) is 0 Å². The van der Waals surface area contributed by atoms with Crippen molar-refractivity contribution in [3.8, 4) is 11.5 Å². The molecule has 0 saturated heterocycles. The van der Waals surface area contributed by atoms with Gasteiger partial charge in [-0.25, -0.2) is 8.42 Å². The maximum absolute atomic E-state index is 13.2. The molecular formula is C34H29NO5S2. The zero-order chi connectivity index (χ0) is 28.9. The zero-order valence-electron chi connectivity index (χ0n) is 22.8. The second kappa shape index (κ2) is 12.4. The molecule has 212 valence electrons. The predicted octanol–water partition coefficient (Wildman–Crippen LogP) is 6.98. The summed E-state index contributed by atoms with van der Waals surface area (Å²) in [6.45, 7) is 1.52. The van der Waals surface area contributed by atoms with E-state index in [4.69, 9.17) is 9.47 Å². The van der Waals surface area contributed by atoms with Gasteiger partial charge in [-0.1, -0.05) is 78.9 Å². The highest BCUT2D eigenvalue weighted by atomic mass is 32.2. The molecule has 0 N–H and O–H groups in total. The van der Waals surface area contributed by atoms with Gasteiger partial charge in [0.25, 0.3) is 0 Å². The number of carbonyl (C=O) groups is 1. The Balaban J connectivity index is 1.17. The number of rotatable bonds is 11. The summed E-state index contributed by atoms with van der Waals surface area (Å²) in [6, 6.07) is 35.9. The molecule has 6 nitrogen and oxygen atoms in total. The monoisotopic (exact) mass is 595 g/mol. The molecule has 0 spiro atoms. The van der Waals surface area contributed by atoms with Crippen molar-refractivity contribution in [2.24, 2.45) is 0 Å². The molecule has 0 unspecified atom stereocenters. The summed E-state index contributed by atoms with van der Waals surface area (Å²) in [7, 11) is -3.82. The van der Waals surface area contributed by atoms with Gasteiger partial charge in [0.2, 0.25) is 6.79 Å². The lowest BCUT2D eigenvalue weighted by Crippen LogP contribution is -2.22. The summed E-state index contributed by atoms with van der Waals surface area (Å²) in [5, 5.41) is 1.66. The van der Waals surface area contributed by atoms with Crippen LogP contribution in [0.4, 0.5) is 0 Å². The number of fused-ring (bicyclic) bond motifs is 2. The van der Waals surface area contributed by atoms with Crippen molar-refractivity contribution < 1.29 is 22.7 Å². The van der Waals surface area contributed by atoms with Crippen LogP contribution in [0.25, 0.3) is 10.8 Å². The number of hydrogen-bond acceptors (Lipinski definition) is 7. The molecule has 0 aromatic heterocycles. The van der Waals surface area contributed by atoms with E-state index in [0.717, 1.165) is 39.3 Å². The lowest BCUT2D eigenvalue weighted by atomic mass is 10.0. The van der Waals surface area contributed by atoms with Gasteiger partial charge in [0, 0.05) is 29.4 Å². The molecule has 0 atom stereocenters. The molecule has 8 heteroatoms. The van der Waals surface area contributed by atoms with E-state index in [0.29, 0.717) is 18.7 Å². The Labute approximate surface area is 249 Å². The standard InChI is InChI=1S/C34H29NO5S2/c36-32(31-12-6-8-27-7-4-5-11-30(27)31)22-42(37,38)29-16-13-25(14-17-29)20-35(23-41-28-9-2-1-3-10-28)21-26-15-18-33-34(19-26)40-24-39-33/h1-19H,20-24H2. The first-order chi connectivity index (χ1) is 20.4. The number of thioether (sulfide) groups is 1. The Morgan fingerprint density at radius 1 is 0.738 bits per heavy atom. The molecule has 5 aromatic rings. The van der Waals surface area contributed by atoms with Gasteiger partial charge in [0.15, 0.2) is 27.1 Å². The Bertz CT molecular complexity index is 1820. The first-order valence-corrected chi connectivity index (χ1v) is 16.2. The van der Waals surface area contributed by atoms with Crippen molar-refractivity contribution >= 4 is 38.2 Å². The van der Waals surface area contributed by atoms with Gasteiger partial charge in [-0.3, -0.25) is 9.69 Å². The van der Waals surface area contributed by atoms with Crippen LogP contribution in [0.1, 0.15) is 21.5 Å². The second-order valence-electron chi connectivity index (χ2n) is 10.1. The molecular weight excluding hydrogens is 567 g/mol. The third-order valence-electron chi connectivity index (χ3n) is 7.10. The van der Waals surface area contributed by atoms with E-state index in [1.807, 2.05) is 78.9 Å². The average molecular weight is 596 g/mol. The predicted molar refractivity (Wildman–Crippen MR) is 166 cm³/mol. The lowest BCUT2D eigenvalue weighted by Gasteiger charge is -2.22. The largest absolute Gasteiger partial charge is 0.454 e. The van der Waals surface area contributed by atoms with Crippen LogP contribution < -0.4 is 9.47 Å². The van der Waals surface area contributed by atoms with E-state index in [9.17, 15) is 13.2 Å². The summed E-state index contributed by atoms with van der Waals surface area (Å²) in [6.07, 6.45) is 0. The van der Waals surface area contributed by atoms with E-state index in [1.165, 1.54) is 4.90 Å². The fraction of sp³-hybridized carbons (Fsp3) is 0.147. The number of ketones is 1. The Morgan fingerprint density at radius 2 is 1.43 bits per heavy atom. The molecule has 0 fully saturated rings. The van der Waals surface area contributed by atoms with Gasteiger partial charge in [0.1, 0.15) is 5.75 Å². The van der Waals surface area contributed by atoms with Gasteiger partial charge in [0.05, 0.1) is 4.90 Å². The van der Waals surface area contributed by atoms with Crippen LogP contribution in [-0.2, 0) is 22.9 Å². The highest BCUT2D eigenvalue weighted by molar-refractivity contribution is 7.99. The molecule has 1 aliphatic heterocycles. The molecule has 0 saturated carbocycles. The minimum Gasteiger partial charge on any atom is -0.454 e. The maximum atomic E-state index is 13.2. The minimum absolute atomic E-state index is 0.140. The summed E-state index contributed by atoms with van der Waals surface area (Å²) in [5.41, 5.74) is 2.49. The SMILES string of the molecule is O=C(CS(=O)(=O)c1ccc(CN(CSc2ccccc2)Cc2ccc3c(c2)OCO3)cc1)c1cccc2ccccc12. The highest BCUT2D eigenvalue weighted by Gasteiger charge is 2.22. The minimum atomic E-state index is -3.82. The molecule has 6 rings (SSSR count). The molecule has 1 heterocycles. The topological polar surface area (TPSA) is 72.9 Å². The number of Topliss-reactive ketones (excluding diaryl/α,β-unsaturated/α-hetero) is 1. The highest BCUT2D eigenvalue weighted by Crippen LogP contribution is 2.33. The second-order valence-corrected chi connectivity index (χ2v) is 13.1. The molecule has 42 heavy (non-hydrogen) atoms. The summed E-state index contributed by atoms with van der Waals surface area (Å²) < 4.78 is 37.5. The average Bonchev–Trinajstić information content (AvgIpc) is 3.48. The fourth-order valence-corrected chi connectivity index (χ4v) is 7.07. The van der Waals surface area contributed by atoms with Gasteiger partial charge in [-0.15, -0.1) is 11.8 Å². The van der Waals surface area contributed by atoms with E-state index in [-0.39, 0.29) is 11.7 Å². The van der Waals surface area contributed by atoms with E-state index >= 15 is 0 Å². The van der Waals surface area contributed by atoms with E-state index in [2.05, 4.69) is 17.0 Å². The van der Waals surface area contributed by atoms with Crippen LogP contribution in [0, 0.1) is 0 Å². The van der Waals surface area contributed by atoms with Crippen LogP contribution in [0.2, 0.25) is 0 Å². The Morgan fingerprint density at radius 3 is 2.26 bits per heavy atom. The molecule has 0 amide bonds. The van der Waals surface area contributed by atoms with Gasteiger partial charge in [-0.2, -0.15) is 0 Å². The van der Waals surface area contributed by atoms with Crippen molar-refractivity contribution in [1.29, 1.82) is 0 Å². The quantitative estimate of drug-likeness (QED) is 0.0927. The normalized spacial score (nSPS) is 12.6. The Kier molecular flexibility index (Phi) is 8.28. The summed E-state index contributed by atoms with van der Waals surface area (Å²) in [5.74, 6) is 1.24. The van der Waals surface area contributed by atoms with Crippen LogP contribution in [-0.4, -0.2) is 37.5 Å². The van der Waals surface area contributed by atoms with Crippen LogP contribution in [0.15, 0.2) is 125 Å². The summed E-state index contributed by atoms with van der Waals surface area (Å²) in [4.78, 5) is 16.7. The van der Waals surface area contributed by atoms with Crippen molar-refractivity contribution in [3.05, 3.63) is 132 Å². The number of carbonyl (C=O) groups excluding carboxylic acids is 1. The van der Waals surface area contributed by atoms with Gasteiger partial charge >= 0.3 is 0 Å². The number of hydrogen-bond donors (Lipinski definition) is 0. The number of sulfone groups is 1. The van der Waals surface area contributed by atoms with Crippen molar-refractivity contribution in [2.75, 3.05) is 18.4 Å². The number of ether oxygens (including phenoxy) is 2. The molecule has 0 bridgehead atoms. The van der Waals surface area contributed by atoms with Gasteiger partial charge in [-0.05, 0) is 58.3 Å². The summed E-state index contributed by atoms with van der Waals surface area (Å²) >= 11 is 1.74. The smallest absolute Gasteiger partial charge is 0.231 e. The molecule has 1 aliphatic rings. The van der Waals surface area contributed by atoms with E-state index < -0.39 is 21.4 Å². The van der Waals surface area contributed by atoms with Crippen molar-refractivity contribution in [2.45, 2.75) is 22.9 Å². The van der Waals surface area contributed by atoms with Crippen molar-refractivity contribution in [3.63, 3.8) is 0 Å². The number of nitrogens with zero attached hydrogens (tertiary/aromatic N) is 1. The van der Waals surface area contributed by atoms with Crippen molar-refractivity contribution in [1.82, 2.24) is 4.90 Å². The first kappa shape index (κ1) is 28.0. The number of benzene rings is 5. The Hall–Kier alpha value is -4.11.